The van der Waals surface area contributed by atoms with E-state index in [0.29, 0.717) is 11.6 Å². The van der Waals surface area contributed by atoms with Crippen molar-refractivity contribution in [2.45, 2.75) is 38.8 Å². The smallest absolute Gasteiger partial charge is 0.257 e. The molecule has 1 aromatic rings. The number of carbonyl (C=O) groups is 1. The molecule has 1 unspecified atom stereocenters. The topological polar surface area (TPSA) is 52.6 Å². The zero-order chi connectivity index (χ0) is 13.3. The van der Waals surface area contributed by atoms with Crippen LogP contribution in [0, 0.1) is 0 Å². The standard InChI is InChI=1S/C14H20N2O2/c1-4-9(5-2)16(3)10-6-7-11-12(8-10)15-14(18)13(11)17/h6-9,13,17H,4-5H2,1-3H3,(H,15,18). The van der Waals surface area contributed by atoms with E-state index in [4.69, 9.17) is 0 Å². The van der Waals surface area contributed by atoms with Gasteiger partial charge in [-0.1, -0.05) is 19.9 Å². The van der Waals surface area contributed by atoms with Gasteiger partial charge in [0, 0.05) is 30.0 Å². The summed E-state index contributed by atoms with van der Waals surface area (Å²) in [4.78, 5) is 13.6. The van der Waals surface area contributed by atoms with Crippen LogP contribution in [0.2, 0.25) is 0 Å². The molecule has 1 atom stereocenters. The summed E-state index contributed by atoms with van der Waals surface area (Å²) in [6.45, 7) is 4.34. The Balaban J connectivity index is 2.28. The largest absolute Gasteiger partial charge is 0.378 e. The van der Waals surface area contributed by atoms with Gasteiger partial charge >= 0.3 is 0 Å². The van der Waals surface area contributed by atoms with Crippen LogP contribution in [-0.4, -0.2) is 24.1 Å². The molecule has 1 aliphatic heterocycles. The first-order chi connectivity index (χ1) is 8.58. The minimum Gasteiger partial charge on any atom is -0.378 e. The molecule has 1 heterocycles. The second-order valence-corrected chi connectivity index (χ2v) is 4.74. The monoisotopic (exact) mass is 248 g/mol. The van der Waals surface area contributed by atoms with E-state index in [0.717, 1.165) is 24.2 Å². The van der Waals surface area contributed by atoms with Gasteiger partial charge in [0.1, 0.15) is 0 Å². The number of benzene rings is 1. The molecule has 0 saturated carbocycles. The van der Waals surface area contributed by atoms with Crippen molar-refractivity contribution >= 4 is 17.3 Å². The predicted octanol–water partition coefficient (Wildman–Crippen LogP) is 2.30. The summed E-state index contributed by atoms with van der Waals surface area (Å²) in [5.41, 5.74) is 2.46. The second kappa shape index (κ2) is 4.98. The molecule has 0 aromatic heterocycles. The van der Waals surface area contributed by atoms with E-state index < -0.39 is 6.10 Å². The number of aliphatic hydroxyl groups is 1. The van der Waals surface area contributed by atoms with Gasteiger partial charge in [-0.3, -0.25) is 4.79 Å². The summed E-state index contributed by atoms with van der Waals surface area (Å²) < 4.78 is 0. The molecule has 4 nitrogen and oxygen atoms in total. The average molecular weight is 248 g/mol. The number of anilines is 2. The number of fused-ring (bicyclic) bond motifs is 1. The van der Waals surface area contributed by atoms with Gasteiger partial charge in [-0.15, -0.1) is 0 Å². The molecular formula is C14H20N2O2. The highest BCUT2D eigenvalue weighted by molar-refractivity contribution is 6.02. The Bertz CT molecular complexity index is 455. The third kappa shape index (κ3) is 2.08. The lowest BCUT2D eigenvalue weighted by molar-refractivity contribution is -0.123. The highest BCUT2D eigenvalue weighted by Crippen LogP contribution is 2.34. The van der Waals surface area contributed by atoms with Crippen LogP contribution in [0.3, 0.4) is 0 Å². The van der Waals surface area contributed by atoms with Crippen LogP contribution in [0.5, 0.6) is 0 Å². The molecular weight excluding hydrogens is 228 g/mol. The van der Waals surface area contributed by atoms with Gasteiger partial charge in [0.25, 0.3) is 5.91 Å². The van der Waals surface area contributed by atoms with E-state index >= 15 is 0 Å². The highest BCUT2D eigenvalue weighted by Gasteiger charge is 2.28. The van der Waals surface area contributed by atoms with Crippen LogP contribution in [0.1, 0.15) is 38.4 Å². The fourth-order valence-electron chi connectivity index (χ4n) is 2.50. The number of rotatable bonds is 4. The first-order valence-corrected chi connectivity index (χ1v) is 6.44. The normalized spacial score (nSPS) is 17.8. The minimum absolute atomic E-state index is 0.340. The zero-order valence-electron chi connectivity index (χ0n) is 11.1. The molecule has 0 fully saturated rings. The first-order valence-electron chi connectivity index (χ1n) is 6.44. The summed E-state index contributed by atoms with van der Waals surface area (Å²) in [7, 11) is 2.06. The molecule has 2 N–H and O–H groups in total. The lowest BCUT2D eigenvalue weighted by Gasteiger charge is -2.28. The Morgan fingerprint density at radius 1 is 1.39 bits per heavy atom. The van der Waals surface area contributed by atoms with Crippen molar-refractivity contribution in [3.05, 3.63) is 23.8 Å². The fraction of sp³-hybridized carbons (Fsp3) is 0.500. The van der Waals surface area contributed by atoms with Crippen molar-refractivity contribution in [1.82, 2.24) is 0 Å². The van der Waals surface area contributed by atoms with Crippen LogP contribution in [0.4, 0.5) is 11.4 Å². The van der Waals surface area contributed by atoms with Gasteiger partial charge in [0.05, 0.1) is 0 Å². The molecule has 1 aromatic carbocycles. The number of carbonyl (C=O) groups excluding carboxylic acids is 1. The molecule has 0 spiro atoms. The van der Waals surface area contributed by atoms with Crippen molar-refractivity contribution < 1.29 is 9.90 Å². The van der Waals surface area contributed by atoms with Gasteiger partial charge in [0.2, 0.25) is 0 Å². The van der Waals surface area contributed by atoms with Crippen molar-refractivity contribution in [2.75, 3.05) is 17.3 Å². The Hall–Kier alpha value is -1.55. The molecule has 1 amide bonds. The van der Waals surface area contributed by atoms with E-state index in [9.17, 15) is 9.90 Å². The summed E-state index contributed by atoms with van der Waals surface area (Å²) in [5.74, 6) is -0.340. The third-order valence-electron chi connectivity index (χ3n) is 3.74. The van der Waals surface area contributed by atoms with Gasteiger partial charge in [-0.2, -0.15) is 0 Å². The van der Waals surface area contributed by atoms with Crippen LogP contribution in [0.15, 0.2) is 18.2 Å². The van der Waals surface area contributed by atoms with E-state index in [1.165, 1.54) is 0 Å². The Morgan fingerprint density at radius 2 is 2.06 bits per heavy atom. The Labute approximate surface area is 108 Å². The van der Waals surface area contributed by atoms with Gasteiger partial charge < -0.3 is 15.3 Å². The van der Waals surface area contributed by atoms with Crippen molar-refractivity contribution in [1.29, 1.82) is 0 Å². The van der Waals surface area contributed by atoms with Crippen LogP contribution < -0.4 is 10.2 Å². The molecule has 4 heteroatoms. The molecule has 0 radical (unpaired) electrons. The van der Waals surface area contributed by atoms with Crippen LogP contribution in [-0.2, 0) is 4.79 Å². The Kier molecular flexibility index (Phi) is 3.57. The maximum atomic E-state index is 11.4. The second-order valence-electron chi connectivity index (χ2n) is 4.74. The molecule has 1 aliphatic rings. The number of hydrogen-bond donors (Lipinski definition) is 2. The first kappa shape index (κ1) is 12.9. The third-order valence-corrected chi connectivity index (χ3v) is 3.74. The van der Waals surface area contributed by atoms with Crippen molar-refractivity contribution in [3.8, 4) is 0 Å². The maximum Gasteiger partial charge on any atom is 0.257 e. The number of amides is 1. The fourth-order valence-corrected chi connectivity index (χ4v) is 2.50. The molecule has 0 aliphatic carbocycles. The van der Waals surface area contributed by atoms with Gasteiger partial charge in [-0.25, -0.2) is 0 Å². The van der Waals surface area contributed by atoms with Crippen molar-refractivity contribution in [3.63, 3.8) is 0 Å². The zero-order valence-corrected chi connectivity index (χ0v) is 11.1. The lowest BCUT2D eigenvalue weighted by atomic mass is 10.1. The maximum absolute atomic E-state index is 11.4. The van der Waals surface area contributed by atoms with Gasteiger partial charge in [0.15, 0.2) is 6.10 Å². The van der Waals surface area contributed by atoms with Crippen molar-refractivity contribution in [2.24, 2.45) is 0 Å². The van der Waals surface area contributed by atoms with Crippen LogP contribution >= 0.6 is 0 Å². The molecule has 0 saturated heterocycles. The summed E-state index contributed by atoms with van der Waals surface area (Å²) in [6.07, 6.45) is 1.14. The number of hydrogen-bond acceptors (Lipinski definition) is 3. The van der Waals surface area contributed by atoms with E-state index in [1.54, 1.807) is 0 Å². The van der Waals surface area contributed by atoms with Crippen LogP contribution in [0.25, 0.3) is 0 Å². The number of aliphatic hydroxyl groups excluding tert-OH is 1. The summed E-state index contributed by atoms with van der Waals surface area (Å²) in [6, 6.07) is 6.21. The molecule has 98 valence electrons. The number of nitrogens with one attached hydrogen (secondary N) is 1. The molecule has 18 heavy (non-hydrogen) atoms. The minimum atomic E-state index is -1.02. The highest BCUT2D eigenvalue weighted by atomic mass is 16.3. The van der Waals surface area contributed by atoms with Gasteiger partial charge in [-0.05, 0) is 25.0 Å². The molecule has 0 bridgehead atoms. The lowest BCUT2D eigenvalue weighted by Crippen LogP contribution is -2.30. The number of nitrogens with zero attached hydrogens (tertiary/aromatic N) is 1. The van der Waals surface area contributed by atoms with E-state index in [-0.39, 0.29) is 5.91 Å². The predicted molar refractivity (Wildman–Crippen MR) is 72.8 cm³/mol. The van der Waals surface area contributed by atoms with E-state index in [2.05, 4.69) is 31.1 Å². The average Bonchev–Trinajstić information content (AvgIpc) is 2.66. The summed E-state index contributed by atoms with van der Waals surface area (Å²) >= 11 is 0. The van der Waals surface area contributed by atoms with E-state index in [1.807, 2.05) is 18.2 Å². The SMILES string of the molecule is CCC(CC)N(C)c1ccc2c(c1)NC(=O)C2O. The Morgan fingerprint density at radius 3 is 2.67 bits per heavy atom. The quantitative estimate of drug-likeness (QED) is 0.859. The summed E-state index contributed by atoms with van der Waals surface area (Å²) in [5, 5.41) is 12.4. The molecule has 2 rings (SSSR count).